The molecule has 1 N–H and O–H groups in total. The Labute approximate surface area is 171 Å². The molecule has 0 radical (unpaired) electrons. The molecule has 2 fully saturated rings. The summed E-state index contributed by atoms with van der Waals surface area (Å²) in [4.78, 5) is 17.4. The lowest BCUT2D eigenvalue weighted by Gasteiger charge is -2.36. The first-order valence-electron chi connectivity index (χ1n) is 10.2. The number of nitrogens with zero attached hydrogens (tertiary/aromatic N) is 4. The number of halogens is 3. The van der Waals surface area contributed by atoms with Gasteiger partial charge in [-0.25, -0.2) is 14.3 Å². The van der Waals surface area contributed by atoms with Crippen LogP contribution in [0.4, 0.5) is 18.0 Å². The van der Waals surface area contributed by atoms with Gasteiger partial charge in [0.05, 0.1) is 36.5 Å². The van der Waals surface area contributed by atoms with Gasteiger partial charge in [-0.15, -0.1) is 0 Å². The molecule has 0 aromatic carbocycles. The number of hydrogen-bond acceptors (Lipinski definition) is 4. The van der Waals surface area contributed by atoms with Crippen LogP contribution < -0.4 is 0 Å². The van der Waals surface area contributed by atoms with Crippen LogP contribution in [0, 0.1) is 12.8 Å². The van der Waals surface area contributed by atoms with Gasteiger partial charge in [0.15, 0.2) is 5.65 Å². The van der Waals surface area contributed by atoms with Gasteiger partial charge >= 0.3 is 12.3 Å². The number of rotatable bonds is 2. The highest BCUT2D eigenvalue weighted by molar-refractivity contribution is 5.65. The van der Waals surface area contributed by atoms with E-state index in [0.29, 0.717) is 24.2 Å². The lowest BCUT2D eigenvalue weighted by Crippen LogP contribution is -2.48. The summed E-state index contributed by atoms with van der Waals surface area (Å²) in [6.07, 6.45) is -4.53. The first kappa shape index (κ1) is 20.9. The molecule has 1 saturated carbocycles. The molecule has 2 aliphatic rings. The quantitative estimate of drug-likeness (QED) is 0.774. The molecule has 2 aromatic heterocycles. The predicted octanol–water partition coefficient (Wildman–Crippen LogP) is 4.31. The summed E-state index contributed by atoms with van der Waals surface area (Å²) < 4.78 is 46.5. The molecule has 30 heavy (non-hydrogen) atoms. The van der Waals surface area contributed by atoms with Crippen molar-refractivity contribution in [1.29, 1.82) is 0 Å². The maximum atomic E-state index is 13.0. The van der Waals surface area contributed by atoms with Crippen LogP contribution in [-0.4, -0.2) is 56.1 Å². The Balaban J connectivity index is 1.60. The Morgan fingerprint density at radius 2 is 1.93 bits per heavy atom. The summed E-state index contributed by atoms with van der Waals surface area (Å²) in [5, 5.41) is 14.1. The molecule has 1 amide bonds. The van der Waals surface area contributed by atoms with E-state index in [1.54, 1.807) is 11.4 Å². The van der Waals surface area contributed by atoms with Crippen LogP contribution in [0.2, 0.25) is 0 Å². The number of hydrogen-bond donors (Lipinski definition) is 1. The van der Waals surface area contributed by atoms with Crippen LogP contribution >= 0.6 is 0 Å². The standard InChI is InChI=1S/C20H25F3N4O3/c1-11-7-16(17-9-26(19(28)29)12(2)10-30-17)27-18(24-11)8-15(25-27)13-3-5-14(6-4-13)20(21,22)23/h7-8,12-14,17H,3-6,9-10H2,1-2H3,(H,28,29)/t12-,13-,14-,17+/m0/s1. The van der Waals surface area contributed by atoms with Crippen molar-refractivity contribution in [3.8, 4) is 0 Å². The van der Waals surface area contributed by atoms with Crippen LogP contribution in [0.3, 0.4) is 0 Å². The molecular formula is C20H25F3N4O3. The Morgan fingerprint density at radius 1 is 1.23 bits per heavy atom. The number of morpholine rings is 1. The topological polar surface area (TPSA) is 80.0 Å². The minimum atomic E-state index is -4.14. The predicted molar refractivity (Wildman–Crippen MR) is 101 cm³/mol. The molecule has 164 valence electrons. The number of fused-ring (bicyclic) bond motifs is 1. The number of aryl methyl sites for hydroxylation is 1. The molecule has 0 spiro atoms. The lowest BCUT2D eigenvalue weighted by atomic mass is 9.80. The van der Waals surface area contributed by atoms with Crippen molar-refractivity contribution in [2.24, 2.45) is 5.92 Å². The van der Waals surface area contributed by atoms with Crippen molar-refractivity contribution in [3.05, 3.63) is 29.2 Å². The number of alkyl halides is 3. The molecule has 4 rings (SSSR count). The highest BCUT2D eigenvalue weighted by Crippen LogP contribution is 2.42. The van der Waals surface area contributed by atoms with Crippen molar-refractivity contribution in [2.45, 2.75) is 63.8 Å². The fraction of sp³-hybridized carbons (Fsp3) is 0.650. The van der Waals surface area contributed by atoms with Crippen LogP contribution in [0.25, 0.3) is 5.65 Å². The summed E-state index contributed by atoms with van der Waals surface area (Å²) in [5.41, 5.74) is 2.77. The molecule has 1 aliphatic carbocycles. The second kappa shape index (κ2) is 7.72. The van der Waals surface area contributed by atoms with E-state index in [-0.39, 0.29) is 38.0 Å². The van der Waals surface area contributed by atoms with Gasteiger partial charge in [0, 0.05) is 17.7 Å². The summed E-state index contributed by atoms with van der Waals surface area (Å²) in [6.45, 7) is 4.09. The maximum absolute atomic E-state index is 13.0. The minimum absolute atomic E-state index is 0.0405. The maximum Gasteiger partial charge on any atom is 0.407 e. The Hall–Kier alpha value is -2.36. The third kappa shape index (κ3) is 3.97. The van der Waals surface area contributed by atoms with Gasteiger partial charge in [0.2, 0.25) is 0 Å². The van der Waals surface area contributed by atoms with Gasteiger partial charge in [-0.2, -0.15) is 18.3 Å². The van der Waals surface area contributed by atoms with Crippen molar-refractivity contribution < 1.29 is 27.8 Å². The lowest BCUT2D eigenvalue weighted by molar-refractivity contribution is -0.182. The van der Waals surface area contributed by atoms with E-state index in [2.05, 4.69) is 10.1 Å². The average molecular weight is 426 g/mol. The molecule has 1 aliphatic heterocycles. The minimum Gasteiger partial charge on any atom is -0.465 e. The molecule has 2 aromatic rings. The van der Waals surface area contributed by atoms with Crippen LogP contribution in [0.5, 0.6) is 0 Å². The fourth-order valence-corrected chi connectivity index (χ4v) is 4.49. The molecule has 1 saturated heterocycles. The monoisotopic (exact) mass is 426 g/mol. The van der Waals surface area contributed by atoms with Crippen LogP contribution in [-0.2, 0) is 4.74 Å². The zero-order valence-electron chi connectivity index (χ0n) is 16.9. The van der Waals surface area contributed by atoms with E-state index < -0.39 is 24.3 Å². The Bertz CT molecular complexity index is 937. The Kier molecular flexibility index (Phi) is 5.37. The van der Waals surface area contributed by atoms with Gasteiger partial charge in [-0.05, 0) is 45.6 Å². The smallest absolute Gasteiger partial charge is 0.407 e. The first-order valence-corrected chi connectivity index (χ1v) is 10.2. The highest BCUT2D eigenvalue weighted by atomic mass is 19.4. The highest BCUT2D eigenvalue weighted by Gasteiger charge is 2.42. The SMILES string of the molecule is Cc1cc([C@H]2CN(C(=O)O)[C@@H](C)CO2)n2nc([C@H]3CC[C@H](C(F)(F)F)CC3)cc2n1. The number of carbonyl (C=O) groups is 1. The summed E-state index contributed by atoms with van der Waals surface area (Å²) in [7, 11) is 0. The van der Waals surface area contributed by atoms with Crippen LogP contribution in [0.15, 0.2) is 12.1 Å². The van der Waals surface area contributed by atoms with E-state index in [1.807, 2.05) is 19.1 Å². The van der Waals surface area contributed by atoms with E-state index >= 15 is 0 Å². The van der Waals surface area contributed by atoms with Crippen molar-refractivity contribution in [1.82, 2.24) is 19.5 Å². The number of aromatic nitrogens is 3. The molecule has 7 nitrogen and oxygen atoms in total. The van der Waals surface area contributed by atoms with Crippen molar-refractivity contribution in [2.75, 3.05) is 13.2 Å². The van der Waals surface area contributed by atoms with E-state index in [0.717, 1.165) is 11.4 Å². The third-order valence-electron chi connectivity index (χ3n) is 6.22. The first-order chi connectivity index (χ1) is 14.1. The van der Waals surface area contributed by atoms with Gasteiger partial charge in [0.1, 0.15) is 6.10 Å². The third-order valence-corrected chi connectivity index (χ3v) is 6.22. The van der Waals surface area contributed by atoms with Gasteiger partial charge in [0.25, 0.3) is 0 Å². The Morgan fingerprint density at radius 3 is 2.57 bits per heavy atom. The largest absolute Gasteiger partial charge is 0.465 e. The molecule has 0 unspecified atom stereocenters. The van der Waals surface area contributed by atoms with Crippen LogP contribution in [0.1, 0.15) is 61.7 Å². The summed E-state index contributed by atoms with van der Waals surface area (Å²) in [6, 6.07) is 3.41. The van der Waals surface area contributed by atoms with E-state index in [4.69, 9.17) is 4.74 Å². The van der Waals surface area contributed by atoms with Gasteiger partial charge in [-0.3, -0.25) is 0 Å². The van der Waals surface area contributed by atoms with E-state index in [9.17, 15) is 23.1 Å². The summed E-state index contributed by atoms with van der Waals surface area (Å²) >= 11 is 0. The van der Waals surface area contributed by atoms with Gasteiger partial charge < -0.3 is 14.7 Å². The number of carboxylic acid groups (broad SMARTS) is 1. The second-order valence-electron chi connectivity index (χ2n) is 8.36. The fourth-order valence-electron chi connectivity index (χ4n) is 4.49. The zero-order chi connectivity index (χ0) is 21.6. The average Bonchev–Trinajstić information content (AvgIpc) is 3.11. The second-order valence-corrected chi connectivity index (χ2v) is 8.36. The molecule has 0 bridgehead atoms. The molecule has 10 heteroatoms. The van der Waals surface area contributed by atoms with Gasteiger partial charge in [-0.1, -0.05) is 0 Å². The molecule has 3 heterocycles. The molecule has 2 atom stereocenters. The molecular weight excluding hydrogens is 401 g/mol. The normalized spacial score (nSPS) is 28.1. The number of ether oxygens (including phenoxy) is 1. The van der Waals surface area contributed by atoms with Crippen molar-refractivity contribution in [3.63, 3.8) is 0 Å². The van der Waals surface area contributed by atoms with Crippen molar-refractivity contribution >= 4 is 11.7 Å². The number of amides is 1. The summed E-state index contributed by atoms with van der Waals surface area (Å²) in [5.74, 6) is -1.28. The zero-order valence-corrected chi connectivity index (χ0v) is 16.9. The van der Waals surface area contributed by atoms with E-state index in [1.165, 1.54) is 4.90 Å².